The topological polar surface area (TPSA) is 81.2 Å². The van der Waals surface area contributed by atoms with E-state index in [-0.39, 0.29) is 5.92 Å². The molecule has 1 amide bonds. The van der Waals surface area contributed by atoms with Gasteiger partial charge < -0.3 is 15.6 Å². The number of nitrogens with one attached hydrogen (secondary N) is 1. The lowest BCUT2D eigenvalue weighted by molar-refractivity contribution is -0.117. The predicted octanol–water partition coefficient (Wildman–Crippen LogP) is 5.20. The molecule has 0 unspecified atom stereocenters. The van der Waals surface area contributed by atoms with Crippen molar-refractivity contribution in [2.24, 2.45) is 5.73 Å². The minimum absolute atomic E-state index is 0.332. The molecule has 5 nitrogen and oxygen atoms in total. The van der Waals surface area contributed by atoms with E-state index in [9.17, 15) is 9.18 Å². The van der Waals surface area contributed by atoms with Crippen LogP contribution in [0.1, 0.15) is 28.5 Å². The molecule has 0 aliphatic rings. The van der Waals surface area contributed by atoms with Gasteiger partial charge in [0.1, 0.15) is 11.6 Å². The Morgan fingerprint density at radius 3 is 2.06 bits per heavy atom. The lowest BCUT2D eigenvalue weighted by Gasteiger charge is -2.24. The fourth-order valence-corrected chi connectivity index (χ4v) is 3.97. The fourth-order valence-electron chi connectivity index (χ4n) is 3.97. The van der Waals surface area contributed by atoms with Crippen molar-refractivity contribution in [1.29, 1.82) is 0 Å². The maximum absolute atomic E-state index is 14.9. The molecular weight excluding hydrogens is 405 g/mol. The highest BCUT2D eigenvalue weighted by atomic mass is 19.1. The zero-order valence-electron chi connectivity index (χ0n) is 17.9. The number of aromatic nitrogens is 1. The summed E-state index contributed by atoms with van der Waals surface area (Å²) in [5, 5.41) is 6.64. The Balaban J connectivity index is 1.59. The number of amides is 1. The van der Waals surface area contributed by atoms with Gasteiger partial charge in [0.15, 0.2) is 0 Å². The minimum atomic E-state index is -0.870. The molecule has 1 atom stereocenters. The molecule has 3 N–H and O–H groups in total. The van der Waals surface area contributed by atoms with Gasteiger partial charge >= 0.3 is 0 Å². The zero-order valence-corrected chi connectivity index (χ0v) is 17.9. The molecule has 32 heavy (non-hydrogen) atoms. The van der Waals surface area contributed by atoms with Gasteiger partial charge in [0.2, 0.25) is 5.91 Å². The van der Waals surface area contributed by atoms with Crippen LogP contribution in [-0.2, 0) is 4.79 Å². The third-order valence-corrected chi connectivity index (χ3v) is 5.52. The zero-order chi connectivity index (χ0) is 22.7. The van der Waals surface area contributed by atoms with Gasteiger partial charge in [0.05, 0.1) is 17.3 Å². The molecule has 0 radical (unpaired) electrons. The van der Waals surface area contributed by atoms with Crippen molar-refractivity contribution >= 4 is 11.6 Å². The Bertz CT molecular complexity index is 1160. The molecule has 4 aromatic rings. The minimum Gasteiger partial charge on any atom is -0.361 e. The van der Waals surface area contributed by atoms with Crippen LogP contribution in [0.5, 0.6) is 0 Å². The number of carbonyl (C=O) groups excluding carboxylic acids is 1. The number of hydrogen-bond donors (Lipinski definition) is 2. The molecule has 162 valence electrons. The Morgan fingerprint density at radius 2 is 1.56 bits per heavy atom. The van der Waals surface area contributed by atoms with Crippen molar-refractivity contribution in [1.82, 2.24) is 5.16 Å². The van der Waals surface area contributed by atoms with Crippen molar-refractivity contribution < 1.29 is 13.7 Å². The molecule has 0 aliphatic heterocycles. The lowest BCUT2D eigenvalue weighted by atomic mass is 9.85. The van der Waals surface area contributed by atoms with Crippen LogP contribution in [0.2, 0.25) is 0 Å². The van der Waals surface area contributed by atoms with E-state index in [4.69, 9.17) is 10.3 Å². The second-order valence-electron chi connectivity index (χ2n) is 7.71. The van der Waals surface area contributed by atoms with Crippen LogP contribution in [0.4, 0.5) is 10.1 Å². The summed E-state index contributed by atoms with van der Waals surface area (Å²) < 4.78 is 20.0. The summed E-state index contributed by atoms with van der Waals surface area (Å²) in [7, 11) is 0. The number of anilines is 1. The quantitative estimate of drug-likeness (QED) is 0.442. The van der Waals surface area contributed by atoms with E-state index in [1.807, 2.05) is 60.7 Å². The number of nitrogens with zero attached hydrogens (tertiary/aromatic N) is 1. The molecule has 0 fully saturated rings. The Hall–Kier alpha value is -3.77. The molecule has 0 spiro atoms. The van der Waals surface area contributed by atoms with Crippen LogP contribution in [0.25, 0.3) is 11.1 Å². The molecule has 3 aromatic carbocycles. The van der Waals surface area contributed by atoms with Gasteiger partial charge in [0.25, 0.3) is 0 Å². The van der Waals surface area contributed by atoms with E-state index in [2.05, 4.69) is 10.5 Å². The van der Waals surface area contributed by atoms with Crippen molar-refractivity contribution in [3.63, 3.8) is 0 Å². The highest BCUT2D eigenvalue weighted by molar-refractivity contribution is 5.96. The van der Waals surface area contributed by atoms with E-state index >= 15 is 0 Å². The summed E-state index contributed by atoms with van der Waals surface area (Å²) in [4.78, 5) is 13.1. The number of halogens is 1. The average Bonchev–Trinajstić information content (AvgIpc) is 3.13. The van der Waals surface area contributed by atoms with Gasteiger partial charge in [-0.2, -0.15) is 0 Å². The first-order valence-corrected chi connectivity index (χ1v) is 10.3. The Kier molecular flexibility index (Phi) is 6.14. The monoisotopic (exact) mass is 429 g/mol. The van der Waals surface area contributed by atoms with E-state index in [1.165, 1.54) is 6.07 Å². The third kappa shape index (κ3) is 4.31. The number of hydrogen-bond acceptors (Lipinski definition) is 4. The number of benzene rings is 3. The summed E-state index contributed by atoms with van der Waals surface area (Å²) in [6, 6.07) is 23.0. The van der Waals surface area contributed by atoms with Gasteiger partial charge in [-0.25, -0.2) is 4.39 Å². The number of carbonyl (C=O) groups is 1. The van der Waals surface area contributed by atoms with Crippen LogP contribution in [0.3, 0.4) is 0 Å². The fraction of sp³-hybridized carbons (Fsp3) is 0.154. The van der Waals surface area contributed by atoms with Crippen LogP contribution < -0.4 is 11.1 Å². The average molecular weight is 429 g/mol. The predicted molar refractivity (Wildman–Crippen MR) is 123 cm³/mol. The third-order valence-electron chi connectivity index (χ3n) is 5.52. The SMILES string of the molecule is Cc1noc(C)c1-c1ccc(NC(=O)[C@@H](N)C(c2ccccc2)c2ccccc2)cc1F. The molecule has 4 rings (SSSR count). The molecule has 0 saturated carbocycles. The Labute approximate surface area is 186 Å². The van der Waals surface area contributed by atoms with E-state index < -0.39 is 17.8 Å². The van der Waals surface area contributed by atoms with Crippen LogP contribution in [0.15, 0.2) is 83.4 Å². The van der Waals surface area contributed by atoms with Crippen molar-refractivity contribution in [2.75, 3.05) is 5.32 Å². The van der Waals surface area contributed by atoms with Gasteiger partial charge in [-0.05, 0) is 43.2 Å². The molecule has 1 aromatic heterocycles. The molecule has 0 aliphatic carbocycles. The van der Waals surface area contributed by atoms with Crippen LogP contribution >= 0.6 is 0 Å². The second kappa shape index (κ2) is 9.16. The first-order valence-electron chi connectivity index (χ1n) is 10.3. The van der Waals surface area contributed by atoms with E-state index in [1.54, 1.807) is 26.0 Å². The molecule has 0 saturated heterocycles. The maximum Gasteiger partial charge on any atom is 0.242 e. The van der Waals surface area contributed by atoms with Crippen molar-refractivity contribution in [3.8, 4) is 11.1 Å². The number of rotatable bonds is 6. The number of aryl methyl sites for hydroxylation is 2. The standard InChI is InChI=1S/C26H24FN3O2/c1-16-23(17(2)32-30-16)21-14-13-20(15-22(21)27)29-26(31)25(28)24(18-9-5-3-6-10-18)19-11-7-4-8-12-19/h3-15,24-25H,28H2,1-2H3,(H,29,31)/t25-/m0/s1. The second-order valence-corrected chi connectivity index (χ2v) is 7.71. The van der Waals surface area contributed by atoms with Gasteiger partial charge in [-0.3, -0.25) is 4.79 Å². The van der Waals surface area contributed by atoms with Crippen LogP contribution in [0, 0.1) is 19.7 Å². The van der Waals surface area contributed by atoms with Crippen molar-refractivity contribution in [3.05, 3.63) is 107 Å². The van der Waals surface area contributed by atoms with E-state index in [0.29, 0.717) is 28.3 Å². The molecular formula is C26H24FN3O2. The van der Waals surface area contributed by atoms with Gasteiger partial charge in [-0.1, -0.05) is 65.8 Å². The number of nitrogens with two attached hydrogens (primary N) is 1. The lowest BCUT2D eigenvalue weighted by Crippen LogP contribution is -2.41. The van der Waals surface area contributed by atoms with Crippen LogP contribution in [-0.4, -0.2) is 17.1 Å². The first kappa shape index (κ1) is 21.5. The van der Waals surface area contributed by atoms with Crippen molar-refractivity contribution in [2.45, 2.75) is 25.8 Å². The largest absolute Gasteiger partial charge is 0.361 e. The summed E-state index contributed by atoms with van der Waals surface area (Å²) in [6.45, 7) is 3.49. The van der Waals surface area contributed by atoms with Gasteiger partial charge in [0, 0.05) is 17.2 Å². The summed E-state index contributed by atoms with van der Waals surface area (Å²) >= 11 is 0. The van der Waals surface area contributed by atoms with Gasteiger partial charge in [-0.15, -0.1) is 0 Å². The molecule has 1 heterocycles. The summed E-state index contributed by atoms with van der Waals surface area (Å²) in [5.41, 5.74) is 10.2. The summed E-state index contributed by atoms with van der Waals surface area (Å²) in [6.07, 6.45) is 0. The first-order chi connectivity index (χ1) is 15.5. The summed E-state index contributed by atoms with van der Waals surface area (Å²) in [5.74, 6) is -0.682. The van der Waals surface area contributed by atoms with E-state index in [0.717, 1.165) is 11.1 Å². The molecule has 6 heteroatoms. The normalized spacial score (nSPS) is 12.0. The molecule has 0 bridgehead atoms. The Morgan fingerprint density at radius 1 is 0.969 bits per heavy atom. The smallest absolute Gasteiger partial charge is 0.242 e. The highest BCUT2D eigenvalue weighted by Crippen LogP contribution is 2.31. The highest BCUT2D eigenvalue weighted by Gasteiger charge is 2.28. The maximum atomic E-state index is 14.9.